The van der Waals surface area contributed by atoms with Gasteiger partial charge in [-0.15, -0.1) is 0 Å². The Balaban J connectivity index is 1.67. The van der Waals surface area contributed by atoms with E-state index >= 15 is 0 Å². The molecular weight excluding hydrogens is 514 g/mol. The molecule has 0 spiro atoms. The van der Waals surface area contributed by atoms with Crippen LogP contribution < -0.4 is 9.64 Å². The molecule has 4 aromatic rings. The molecule has 0 saturated heterocycles. The van der Waals surface area contributed by atoms with Crippen LogP contribution in [0.15, 0.2) is 76.4 Å². The zero-order chi connectivity index (χ0) is 22.7. The quantitative estimate of drug-likeness (QED) is 0.349. The normalized spacial score (nSPS) is 11.4. The standard InChI is InChI=1S/C22H18BrN3O4S2/c1-30-17-3-5-18(6-4-17)32(28,29)14-21(27)26(13-15-8-10-24-11-9-15)22-25-19-7-2-16(23)12-20(19)31-22/h2-12H,13-14H2,1H3. The van der Waals surface area contributed by atoms with Crippen molar-refractivity contribution < 1.29 is 17.9 Å². The lowest BCUT2D eigenvalue weighted by atomic mass is 10.2. The Labute approximate surface area is 197 Å². The Bertz CT molecular complexity index is 1360. The largest absolute Gasteiger partial charge is 0.497 e. The minimum Gasteiger partial charge on any atom is -0.497 e. The fourth-order valence-corrected chi connectivity index (χ4v) is 5.77. The third kappa shape index (κ3) is 4.98. The predicted molar refractivity (Wildman–Crippen MR) is 128 cm³/mol. The summed E-state index contributed by atoms with van der Waals surface area (Å²) in [4.78, 5) is 23.3. The number of aromatic nitrogens is 2. The van der Waals surface area contributed by atoms with E-state index in [-0.39, 0.29) is 11.4 Å². The maximum absolute atomic E-state index is 13.3. The van der Waals surface area contributed by atoms with E-state index in [1.807, 2.05) is 18.2 Å². The van der Waals surface area contributed by atoms with Gasteiger partial charge in [-0.05, 0) is 60.2 Å². The van der Waals surface area contributed by atoms with Gasteiger partial charge in [-0.2, -0.15) is 0 Å². The minimum atomic E-state index is -3.86. The Morgan fingerprint density at radius 2 is 1.81 bits per heavy atom. The number of pyridine rings is 1. The minimum absolute atomic E-state index is 0.0590. The van der Waals surface area contributed by atoms with Crippen LogP contribution in [0.3, 0.4) is 0 Å². The highest BCUT2D eigenvalue weighted by molar-refractivity contribution is 9.10. The summed E-state index contributed by atoms with van der Waals surface area (Å²) in [5, 5.41) is 0.435. The molecule has 2 aromatic heterocycles. The van der Waals surface area contributed by atoms with Gasteiger partial charge < -0.3 is 4.74 Å². The van der Waals surface area contributed by atoms with Crippen LogP contribution in [0.1, 0.15) is 5.56 Å². The molecule has 0 aliphatic carbocycles. The zero-order valence-corrected chi connectivity index (χ0v) is 20.2. The van der Waals surface area contributed by atoms with Crippen molar-refractivity contribution in [2.24, 2.45) is 0 Å². The number of sulfone groups is 1. The molecule has 0 fully saturated rings. The highest BCUT2D eigenvalue weighted by Gasteiger charge is 2.27. The summed E-state index contributed by atoms with van der Waals surface area (Å²) < 4.78 is 32.7. The van der Waals surface area contributed by atoms with Gasteiger partial charge >= 0.3 is 0 Å². The van der Waals surface area contributed by atoms with Gasteiger partial charge in [0.25, 0.3) is 0 Å². The second kappa shape index (κ2) is 9.35. The number of ether oxygens (including phenoxy) is 1. The van der Waals surface area contributed by atoms with E-state index in [2.05, 4.69) is 25.9 Å². The van der Waals surface area contributed by atoms with Gasteiger partial charge in [-0.3, -0.25) is 14.7 Å². The van der Waals surface area contributed by atoms with Crippen LogP contribution in [0.4, 0.5) is 5.13 Å². The van der Waals surface area contributed by atoms with E-state index in [9.17, 15) is 13.2 Å². The number of benzene rings is 2. The average Bonchev–Trinajstić information content (AvgIpc) is 3.20. The SMILES string of the molecule is COc1ccc(S(=O)(=O)CC(=O)N(Cc2ccncc2)c2nc3ccc(Br)cc3s2)cc1. The number of halogens is 1. The molecule has 0 N–H and O–H groups in total. The molecular formula is C22H18BrN3O4S2. The highest BCUT2D eigenvalue weighted by Crippen LogP contribution is 2.32. The molecule has 10 heteroatoms. The van der Waals surface area contributed by atoms with Gasteiger partial charge in [0.05, 0.1) is 28.8 Å². The number of thiazole rings is 1. The van der Waals surface area contributed by atoms with Gasteiger partial charge in [0.2, 0.25) is 5.91 Å². The number of fused-ring (bicyclic) bond motifs is 1. The molecule has 7 nitrogen and oxygen atoms in total. The fraction of sp³-hybridized carbons (Fsp3) is 0.136. The van der Waals surface area contributed by atoms with E-state index in [4.69, 9.17) is 4.74 Å². The molecule has 0 aliphatic heterocycles. The van der Waals surface area contributed by atoms with Gasteiger partial charge in [-0.1, -0.05) is 27.3 Å². The molecule has 0 aliphatic rings. The lowest BCUT2D eigenvalue weighted by Crippen LogP contribution is -2.35. The summed E-state index contributed by atoms with van der Waals surface area (Å²) in [5.41, 5.74) is 1.55. The Morgan fingerprint density at radius 3 is 2.50 bits per heavy atom. The summed E-state index contributed by atoms with van der Waals surface area (Å²) in [5.74, 6) is -0.699. The van der Waals surface area contributed by atoms with Crippen molar-refractivity contribution in [3.63, 3.8) is 0 Å². The summed E-state index contributed by atoms with van der Waals surface area (Å²) in [6.45, 7) is 0.181. The molecule has 164 valence electrons. The second-order valence-electron chi connectivity index (χ2n) is 6.88. The first-order valence-corrected chi connectivity index (χ1v) is 12.7. The number of hydrogen-bond acceptors (Lipinski definition) is 7. The van der Waals surface area contributed by atoms with Crippen LogP contribution in [0.5, 0.6) is 5.75 Å². The number of amides is 1. The second-order valence-corrected chi connectivity index (χ2v) is 10.8. The van der Waals surface area contributed by atoms with E-state index in [1.54, 1.807) is 36.7 Å². The molecule has 4 rings (SSSR count). The smallest absolute Gasteiger partial charge is 0.244 e. The highest BCUT2D eigenvalue weighted by atomic mass is 79.9. The average molecular weight is 532 g/mol. The summed E-state index contributed by atoms with van der Waals surface area (Å²) in [6.07, 6.45) is 3.25. The molecule has 2 heterocycles. The first-order chi connectivity index (χ1) is 15.4. The number of anilines is 1. The van der Waals surface area contributed by atoms with Gasteiger partial charge in [0, 0.05) is 16.9 Å². The molecule has 0 radical (unpaired) electrons. The van der Waals surface area contributed by atoms with Gasteiger partial charge in [0.15, 0.2) is 15.0 Å². The van der Waals surface area contributed by atoms with Crippen molar-refractivity contribution in [3.8, 4) is 5.75 Å². The molecule has 1 amide bonds. The number of hydrogen-bond donors (Lipinski definition) is 0. The van der Waals surface area contributed by atoms with Crippen molar-refractivity contribution >= 4 is 58.4 Å². The fourth-order valence-electron chi connectivity index (χ4n) is 3.04. The zero-order valence-electron chi connectivity index (χ0n) is 16.9. The third-order valence-electron chi connectivity index (χ3n) is 4.69. The molecule has 0 saturated carbocycles. The Morgan fingerprint density at radius 1 is 1.09 bits per heavy atom. The Hall–Kier alpha value is -2.82. The number of nitrogens with zero attached hydrogens (tertiary/aromatic N) is 3. The molecule has 0 bridgehead atoms. The lowest BCUT2D eigenvalue weighted by Gasteiger charge is -2.20. The molecule has 2 aromatic carbocycles. The first kappa shape index (κ1) is 22.4. The predicted octanol–water partition coefficient (Wildman–Crippen LogP) is 4.47. The van der Waals surface area contributed by atoms with Crippen LogP contribution in [0.25, 0.3) is 10.2 Å². The summed E-state index contributed by atoms with van der Waals surface area (Å²) >= 11 is 4.77. The molecule has 0 unspecified atom stereocenters. The van der Waals surface area contributed by atoms with Crippen LogP contribution in [-0.2, 0) is 21.2 Å². The number of carbonyl (C=O) groups is 1. The van der Waals surface area contributed by atoms with Crippen LogP contribution >= 0.6 is 27.3 Å². The van der Waals surface area contributed by atoms with Crippen molar-refractivity contribution in [2.75, 3.05) is 17.8 Å². The van der Waals surface area contributed by atoms with Gasteiger partial charge in [0.1, 0.15) is 11.5 Å². The van der Waals surface area contributed by atoms with Crippen LogP contribution in [0.2, 0.25) is 0 Å². The van der Waals surface area contributed by atoms with E-state index in [0.29, 0.717) is 10.9 Å². The number of rotatable bonds is 7. The van der Waals surface area contributed by atoms with Crippen molar-refractivity contribution in [1.29, 1.82) is 0 Å². The van der Waals surface area contributed by atoms with Gasteiger partial charge in [-0.25, -0.2) is 13.4 Å². The van der Waals surface area contributed by atoms with E-state index in [0.717, 1.165) is 20.3 Å². The first-order valence-electron chi connectivity index (χ1n) is 9.48. The topological polar surface area (TPSA) is 89.5 Å². The third-order valence-corrected chi connectivity index (χ3v) is 7.85. The van der Waals surface area contributed by atoms with Crippen molar-refractivity contribution in [2.45, 2.75) is 11.4 Å². The maximum Gasteiger partial charge on any atom is 0.244 e. The van der Waals surface area contributed by atoms with Crippen molar-refractivity contribution in [1.82, 2.24) is 9.97 Å². The molecule has 32 heavy (non-hydrogen) atoms. The lowest BCUT2D eigenvalue weighted by molar-refractivity contribution is -0.116. The Kier molecular flexibility index (Phi) is 6.54. The summed E-state index contributed by atoms with van der Waals surface area (Å²) in [7, 11) is -2.36. The van der Waals surface area contributed by atoms with E-state index in [1.165, 1.54) is 35.5 Å². The van der Waals surface area contributed by atoms with Crippen molar-refractivity contribution in [3.05, 3.63) is 77.0 Å². The molecule has 0 atom stereocenters. The number of methoxy groups -OCH3 is 1. The van der Waals surface area contributed by atoms with E-state index < -0.39 is 21.5 Å². The van der Waals surface area contributed by atoms with Crippen LogP contribution in [-0.4, -0.2) is 37.2 Å². The summed E-state index contributed by atoms with van der Waals surface area (Å²) in [6, 6.07) is 15.2. The maximum atomic E-state index is 13.3. The number of carbonyl (C=O) groups excluding carboxylic acids is 1. The monoisotopic (exact) mass is 531 g/mol. The van der Waals surface area contributed by atoms with Crippen LogP contribution in [0, 0.1) is 0 Å².